The molecule has 1 heterocycles. The second-order valence-electron chi connectivity index (χ2n) is 4.21. The molecule has 1 fully saturated rings. The van der Waals surface area contributed by atoms with Crippen LogP contribution in [0, 0.1) is 17.2 Å². The van der Waals surface area contributed by atoms with E-state index < -0.39 is 0 Å². The summed E-state index contributed by atoms with van der Waals surface area (Å²) in [5.74, 6) is -0.243. The SMILES string of the molecule is N#Cc1ccc(Cl)c(NC(=O)C2CCCOC2)c1. The monoisotopic (exact) mass is 264 g/mol. The fourth-order valence-corrected chi connectivity index (χ4v) is 2.04. The number of ether oxygens (including phenoxy) is 1. The lowest BCUT2D eigenvalue weighted by atomic mass is 10.0. The lowest BCUT2D eigenvalue weighted by Crippen LogP contribution is -2.30. The van der Waals surface area contributed by atoms with Gasteiger partial charge in [-0.1, -0.05) is 11.6 Å². The predicted octanol–water partition coefficient (Wildman–Crippen LogP) is 2.58. The predicted molar refractivity (Wildman–Crippen MR) is 68.3 cm³/mol. The second kappa shape index (κ2) is 5.85. The summed E-state index contributed by atoms with van der Waals surface area (Å²) in [4.78, 5) is 12.0. The van der Waals surface area contributed by atoms with Gasteiger partial charge in [0, 0.05) is 6.61 Å². The van der Waals surface area contributed by atoms with E-state index in [1.807, 2.05) is 6.07 Å². The fraction of sp³-hybridized carbons (Fsp3) is 0.385. The second-order valence-corrected chi connectivity index (χ2v) is 4.62. The van der Waals surface area contributed by atoms with Gasteiger partial charge in [-0.15, -0.1) is 0 Å². The molecule has 2 rings (SSSR count). The topological polar surface area (TPSA) is 62.1 Å². The number of carbonyl (C=O) groups is 1. The van der Waals surface area contributed by atoms with Gasteiger partial charge in [-0.3, -0.25) is 4.79 Å². The number of halogens is 1. The summed E-state index contributed by atoms with van der Waals surface area (Å²) in [5, 5.41) is 12.0. The molecule has 1 saturated heterocycles. The van der Waals surface area contributed by atoms with Gasteiger partial charge in [0.25, 0.3) is 0 Å². The number of hydrogen-bond donors (Lipinski definition) is 1. The van der Waals surface area contributed by atoms with Crippen molar-refractivity contribution in [3.8, 4) is 6.07 Å². The molecule has 94 valence electrons. The van der Waals surface area contributed by atoms with Gasteiger partial charge in [0.05, 0.1) is 34.9 Å². The number of carbonyl (C=O) groups excluding carboxylic acids is 1. The van der Waals surface area contributed by atoms with Gasteiger partial charge in [0.2, 0.25) is 5.91 Å². The van der Waals surface area contributed by atoms with E-state index in [4.69, 9.17) is 21.6 Å². The maximum atomic E-state index is 12.0. The molecule has 1 atom stereocenters. The normalized spacial score (nSPS) is 19.0. The maximum absolute atomic E-state index is 12.0. The van der Waals surface area contributed by atoms with Gasteiger partial charge in [-0.05, 0) is 31.0 Å². The van der Waals surface area contributed by atoms with Crippen LogP contribution in [-0.4, -0.2) is 19.1 Å². The standard InChI is InChI=1S/C13H13ClN2O2/c14-11-4-3-9(7-15)6-12(11)16-13(17)10-2-1-5-18-8-10/h3-4,6,10H,1-2,5,8H2,(H,16,17). The molecule has 1 unspecified atom stereocenters. The Morgan fingerprint density at radius 2 is 2.39 bits per heavy atom. The minimum absolute atomic E-state index is 0.105. The highest BCUT2D eigenvalue weighted by Gasteiger charge is 2.22. The van der Waals surface area contributed by atoms with Crippen LogP contribution < -0.4 is 5.32 Å². The molecule has 0 spiro atoms. The van der Waals surface area contributed by atoms with E-state index in [0.29, 0.717) is 29.5 Å². The third-order valence-corrected chi connectivity index (χ3v) is 3.21. The first-order chi connectivity index (χ1) is 8.70. The molecule has 0 aliphatic carbocycles. The zero-order valence-electron chi connectivity index (χ0n) is 9.78. The molecule has 0 radical (unpaired) electrons. The van der Waals surface area contributed by atoms with E-state index in [1.165, 1.54) is 0 Å². The summed E-state index contributed by atoms with van der Waals surface area (Å²) in [5.41, 5.74) is 0.945. The summed E-state index contributed by atoms with van der Waals surface area (Å²) in [6.07, 6.45) is 1.71. The molecule has 4 nitrogen and oxygen atoms in total. The van der Waals surface area contributed by atoms with E-state index in [-0.39, 0.29) is 11.8 Å². The number of nitriles is 1. The summed E-state index contributed by atoms with van der Waals surface area (Å²) in [6, 6.07) is 6.80. The average Bonchev–Trinajstić information content (AvgIpc) is 2.42. The van der Waals surface area contributed by atoms with Crippen molar-refractivity contribution in [2.24, 2.45) is 5.92 Å². The summed E-state index contributed by atoms with van der Waals surface area (Å²) >= 11 is 5.98. The van der Waals surface area contributed by atoms with Crippen molar-refractivity contribution in [3.63, 3.8) is 0 Å². The van der Waals surface area contributed by atoms with Gasteiger partial charge >= 0.3 is 0 Å². The third kappa shape index (κ3) is 3.00. The number of nitrogens with zero attached hydrogens (tertiary/aromatic N) is 1. The lowest BCUT2D eigenvalue weighted by Gasteiger charge is -2.21. The molecule has 1 amide bonds. The third-order valence-electron chi connectivity index (χ3n) is 2.88. The molecule has 1 aliphatic rings. The van der Waals surface area contributed by atoms with E-state index in [1.54, 1.807) is 18.2 Å². The quantitative estimate of drug-likeness (QED) is 0.893. The zero-order chi connectivity index (χ0) is 13.0. The Labute approximate surface area is 111 Å². The molecule has 0 bridgehead atoms. The van der Waals surface area contributed by atoms with Crippen LogP contribution in [0.15, 0.2) is 18.2 Å². The highest BCUT2D eigenvalue weighted by molar-refractivity contribution is 6.33. The van der Waals surface area contributed by atoms with Crippen molar-refractivity contribution in [1.82, 2.24) is 0 Å². The van der Waals surface area contributed by atoms with Crippen LogP contribution >= 0.6 is 11.6 Å². The molecule has 1 N–H and O–H groups in total. The first kappa shape index (κ1) is 12.9. The minimum atomic E-state index is -0.138. The Kier molecular flexibility index (Phi) is 4.19. The van der Waals surface area contributed by atoms with Crippen LogP contribution in [0.3, 0.4) is 0 Å². The molecule has 5 heteroatoms. The summed E-state index contributed by atoms with van der Waals surface area (Å²) in [7, 11) is 0. The molecule has 1 aromatic rings. The molecule has 0 saturated carbocycles. The van der Waals surface area contributed by atoms with Crippen molar-refractivity contribution in [1.29, 1.82) is 5.26 Å². The Morgan fingerprint density at radius 3 is 3.06 bits per heavy atom. The van der Waals surface area contributed by atoms with Crippen LogP contribution in [-0.2, 0) is 9.53 Å². The number of anilines is 1. The van der Waals surface area contributed by atoms with E-state index in [9.17, 15) is 4.79 Å². The van der Waals surface area contributed by atoms with Crippen LogP contribution in [0.5, 0.6) is 0 Å². The van der Waals surface area contributed by atoms with Gasteiger partial charge in [0.15, 0.2) is 0 Å². The van der Waals surface area contributed by atoms with Crippen molar-refractivity contribution in [2.45, 2.75) is 12.8 Å². The average molecular weight is 265 g/mol. The Hall–Kier alpha value is -1.57. The molecule has 18 heavy (non-hydrogen) atoms. The van der Waals surface area contributed by atoms with Gasteiger partial charge in [-0.25, -0.2) is 0 Å². The maximum Gasteiger partial charge on any atom is 0.229 e. The van der Waals surface area contributed by atoms with Crippen LogP contribution in [0.1, 0.15) is 18.4 Å². The largest absolute Gasteiger partial charge is 0.381 e. The first-order valence-corrected chi connectivity index (χ1v) is 6.17. The summed E-state index contributed by atoms with van der Waals surface area (Å²) in [6.45, 7) is 1.16. The van der Waals surface area contributed by atoms with Crippen LogP contribution in [0.25, 0.3) is 0 Å². The van der Waals surface area contributed by atoms with E-state index in [0.717, 1.165) is 12.8 Å². The Balaban J connectivity index is 2.08. The Morgan fingerprint density at radius 1 is 1.56 bits per heavy atom. The van der Waals surface area contributed by atoms with Crippen LogP contribution in [0.2, 0.25) is 5.02 Å². The van der Waals surface area contributed by atoms with Crippen LogP contribution in [0.4, 0.5) is 5.69 Å². The smallest absolute Gasteiger partial charge is 0.229 e. The van der Waals surface area contributed by atoms with Crippen molar-refractivity contribution >= 4 is 23.2 Å². The number of rotatable bonds is 2. The summed E-state index contributed by atoms with van der Waals surface area (Å²) < 4.78 is 5.27. The zero-order valence-corrected chi connectivity index (χ0v) is 10.5. The first-order valence-electron chi connectivity index (χ1n) is 5.79. The number of amides is 1. The fourth-order valence-electron chi connectivity index (χ4n) is 1.87. The molecule has 1 aliphatic heterocycles. The van der Waals surface area contributed by atoms with Crippen molar-refractivity contribution in [2.75, 3.05) is 18.5 Å². The highest BCUT2D eigenvalue weighted by Crippen LogP contribution is 2.24. The number of nitrogens with one attached hydrogen (secondary N) is 1. The lowest BCUT2D eigenvalue weighted by molar-refractivity contribution is -0.123. The van der Waals surface area contributed by atoms with Gasteiger partial charge in [0.1, 0.15) is 0 Å². The molecular weight excluding hydrogens is 252 g/mol. The van der Waals surface area contributed by atoms with E-state index >= 15 is 0 Å². The number of benzene rings is 1. The molecular formula is C13H13ClN2O2. The van der Waals surface area contributed by atoms with Crippen molar-refractivity contribution < 1.29 is 9.53 Å². The number of hydrogen-bond acceptors (Lipinski definition) is 3. The molecule has 0 aromatic heterocycles. The van der Waals surface area contributed by atoms with Crippen molar-refractivity contribution in [3.05, 3.63) is 28.8 Å². The minimum Gasteiger partial charge on any atom is -0.381 e. The van der Waals surface area contributed by atoms with Gasteiger partial charge < -0.3 is 10.1 Å². The Bertz CT molecular complexity index is 490. The molecule has 1 aromatic carbocycles. The van der Waals surface area contributed by atoms with Gasteiger partial charge in [-0.2, -0.15) is 5.26 Å². The highest BCUT2D eigenvalue weighted by atomic mass is 35.5. The van der Waals surface area contributed by atoms with E-state index in [2.05, 4.69) is 5.32 Å².